The summed E-state index contributed by atoms with van der Waals surface area (Å²) >= 11 is 0. The Kier molecular flexibility index (Phi) is 6.43. The summed E-state index contributed by atoms with van der Waals surface area (Å²) in [5.74, 6) is 0.926. The van der Waals surface area contributed by atoms with Crippen LogP contribution in [0, 0.1) is 0 Å². The number of fused-ring (bicyclic) bond motifs is 7. The zero-order valence-corrected chi connectivity index (χ0v) is 28.8. The van der Waals surface area contributed by atoms with Gasteiger partial charge in [-0.05, 0) is 94.0 Å². The van der Waals surface area contributed by atoms with Gasteiger partial charge in [-0.25, -0.2) is 4.98 Å². The van der Waals surface area contributed by atoms with Crippen LogP contribution in [0.2, 0.25) is 0 Å². The summed E-state index contributed by atoms with van der Waals surface area (Å²) in [6, 6.07) is 67.6. The van der Waals surface area contributed by atoms with Crippen LogP contribution in [0.1, 0.15) is 22.3 Å². The van der Waals surface area contributed by atoms with Crippen LogP contribution < -0.4 is 0 Å². The smallest absolute Gasteiger partial charge is 0.145 e. The molecular formula is C49H32N4. The summed E-state index contributed by atoms with van der Waals surface area (Å²) in [4.78, 5) is 10.1. The molecule has 0 spiro atoms. The second kappa shape index (κ2) is 11.5. The topological polar surface area (TPSA) is 35.6 Å². The number of hydrogen-bond donors (Lipinski definition) is 0. The van der Waals surface area contributed by atoms with Crippen LogP contribution in [-0.4, -0.2) is 19.1 Å². The fraction of sp³-hybridized carbons (Fsp3) is 0.0204. The molecule has 0 atom stereocenters. The van der Waals surface area contributed by atoms with E-state index in [9.17, 15) is 0 Å². The van der Waals surface area contributed by atoms with Crippen molar-refractivity contribution in [2.24, 2.45) is 0 Å². The van der Waals surface area contributed by atoms with Crippen LogP contribution in [0.25, 0.3) is 66.9 Å². The molecule has 248 valence electrons. The third-order valence-electron chi connectivity index (χ3n) is 11.1. The number of para-hydroxylation sites is 2. The Morgan fingerprint density at radius 1 is 0.434 bits per heavy atom. The highest BCUT2D eigenvalue weighted by molar-refractivity contribution is 6.10. The van der Waals surface area contributed by atoms with Gasteiger partial charge in [-0.2, -0.15) is 0 Å². The molecule has 0 unspecified atom stereocenters. The summed E-state index contributed by atoms with van der Waals surface area (Å²) in [6.07, 6.45) is 1.91. The Bertz CT molecular complexity index is 2940. The van der Waals surface area contributed by atoms with Crippen LogP contribution in [0.4, 0.5) is 0 Å². The Labute approximate surface area is 306 Å². The molecule has 0 bridgehead atoms. The Morgan fingerprint density at radius 2 is 1.04 bits per heavy atom. The predicted molar refractivity (Wildman–Crippen MR) is 216 cm³/mol. The van der Waals surface area contributed by atoms with Crippen LogP contribution in [0.15, 0.2) is 194 Å². The first-order valence-corrected chi connectivity index (χ1v) is 18.1. The molecule has 0 saturated heterocycles. The van der Waals surface area contributed by atoms with Crippen molar-refractivity contribution < 1.29 is 0 Å². The van der Waals surface area contributed by atoms with Crippen LogP contribution in [0.3, 0.4) is 0 Å². The van der Waals surface area contributed by atoms with Gasteiger partial charge in [-0.1, -0.05) is 127 Å². The van der Waals surface area contributed by atoms with Gasteiger partial charge in [-0.3, -0.25) is 9.55 Å². The summed E-state index contributed by atoms with van der Waals surface area (Å²) < 4.78 is 4.64. The van der Waals surface area contributed by atoms with Crippen molar-refractivity contribution in [3.8, 4) is 33.9 Å². The Morgan fingerprint density at radius 3 is 1.77 bits per heavy atom. The largest absolute Gasteiger partial charge is 0.308 e. The molecule has 10 aromatic rings. The molecule has 0 aliphatic heterocycles. The molecule has 4 nitrogen and oxygen atoms in total. The monoisotopic (exact) mass is 676 g/mol. The van der Waals surface area contributed by atoms with Crippen molar-refractivity contribution in [1.82, 2.24) is 19.1 Å². The third-order valence-corrected chi connectivity index (χ3v) is 11.1. The van der Waals surface area contributed by atoms with Crippen LogP contribution in [-0.2, 0) is 5.41 Å². The molecule has 4 heteroatoms. The van der Waals surface area contributed by atoms with Gasteiger partial charge in [0, 0.05) is 28.5 Å². The number of rotatable bonds is 5. The van der Waals surface area contributed by atoms with Gasteiger partial charge >= 0.3 is 0 Å². The van der Waals surface area contributed by atoms with Crippen molar-refractivity contribution in [2.75, 3.05) is 0 Å². The van der Waals surface area contributed by atoms with Gasteiger partial charge in [0.15, 0.2) is 0 Å². The van der Waals surface area contributed by atoms with E-state index in [1.165, 1.54) is 33.4 Å². The zero-order valence-electron chi connectivity index (χ0n) is 28.8. The molecule has 0 saturated carbocycles. The van der Waals surface area contributed by atoms with Gasteiger partial charge in [0.05, 0.1) is 33.0 Å². The van der Waals surface area contributed by atoms with Crippen molar-refractivity contribution >= 4 is 33.0 Å². The van der Waals surface area contributed by atoms with E-state index in [2.05, 4.69) is 179 Å². The lowest BCUT2D eigenvalue weighted by atomic mass is 9.67. The number of aromatic nitrogens is 4. The lowest BCUT2D eigenvalue weighted by Crippen LogP contribution is -2.28. The summed E-state index contributed by atoms with van der Waals surface area (Å²) in [6.45, 7) is 0. The maximum Gasteiger partial charge on any atom is 0.145 e. The first kappa shape index (κ1) is 29.7. The number of hydrogen-bond acceptors (Lipinski definition) is 2. The summed E-state index contributed by atoms with van der Waals surface area (Å²) in [7, 11) is 0. The molecule has 0 radical (unpaired) electrons. The SMILES string of the molecule is c1ccc(-c2nc3ccccc3n2-c2ccc(-n3c4cc5c(cc4c4ncccc43)C(c3ccccc3)(c3ccccc3)c3ccccc3-5)cc2)cc1. The molecule has 1 aliphatic rings. The summed E-state index contributed by atoms with van der Waals surface area (Å²) in [5, 5.41) is 1.14. The van der Waals surface area contributed by atoms with E-state index in [-0.39, 0.29) is 0 Å². The molecule has 3 aromatic heterocycles. The maximum atomic E-state index is 5.07. The Balaban J connectivity index is 1.15. The number of imidazole rings is 1. The van der Waals surface area contributed by atoms with Crippen molar-refractivity contribution in [3.05, 3.63) is 217 Å². The van der Waals surface area contributed by atoms with Crippen molar-refractivity contribution in [1.29, 1.82) is 0 Å². The highest BCUT2D eigenvalue weighted by Crippen LogP contribution is 2.57. The van der Waals surface area contributed by atoms with Gasteiger partial charge in [-0.15, -0.1) is 0 Å². The number of benzene rings is 7. The molecule has 0 amide bonds. The lowest BCUT2D eigenvalue weighted by Gasteiger charge is -2.33. The Hall–Kier alpha value is -7.04. The van der Waals surface area contributed by atoms with Crippen LogP contribution >= 0.6 is 0 Å². The van der Waals surface area contributed by atoms with E-state index in [1.807, 2.05) is 24.4 Å². The molecule has 1 aliphatic carbocycles. The van der Waals surface area contributed by atoms with E-state index in [1.54, 1.807) is 0 Å². The maximum absolute atomic E-state index is 5.07. The van der Waals surface area contributed by atoms with Crippen LogP contribution in [0.5, 0.6) is 0 Å². The van der Waals surface area contributed by atoms with Gasteiger partial charge in [0.2, 0.25) is 0 Å². The second-order valence-corrected chi connectivity index (χ2v) is 13.8. The molecule has 0 N–H and O–H groups in total. The average molecular weight is 677 g/mol. The van der Waals surface area contributed by atoms with E-state index in [4.69, 9.17) is 9.97 Å². The van der Waals surface area contributed by atoms with Crippen molar-refractivity contribution in [3.63, 3.8) is 0 Å². The predicted octanol–water partition coefficient (Wildman–Crippen LogP) is 11.5. The standard InChI is InChI=1S/C49H32N4/c1-4-15-33(16-5-1)48-51-43-23-12-13-24-44(43)53(48)37-28-26-36(27-29-37)52-45-25-14-30-50-47(45)40-31-42-39(32-46(40)52)38-21-10-11-22-41(38)49(42,34-17-6-2-7-18-34)35-19-8-3-9-20-35/h1-32H. The summed E-state index contributed by atoms with van der Waals surface area (Å²) in [5.41, 5.74) is 15.6. The molecule has 3 heterocycles. The van der Waals surface area contributed by atoms with E-state index in [0.29, 0.717) is 0 Å². The third kappa shape index (κ3) is 4.24. The first-order valence-electron chi connectivity index (χ1n) is 18.1. The minimum atomic E-state index is -0.475. The zero-order chi connectivity index (χ0) is 34.9. The average Bonchev–Trinajstić information content (AvgIpc) is 3.88. The number of pyridine rings is 1. The molecule has 7 aromatic carbocycles. The molecular weight excluding hydrogens is 645 g/mol. The van der Waals surface area contributed by atoms with Gasteiger partial charge in [0.25, 0.3) is 0 Å². The first-order chi connectivity index (χ1) is 26.3. The fourth-order valence-corrected chi connectivity index (χ4v) is 8.86. The minimum absolute atomic E-state index is 0.475. The fourth-order valence-electron chi connectivity index (χ4n) is 8.86. The molecule has 0 fully saturated rings. The van der Waals surface area contributed by atoms with Gasteiger partial charge < -0.3 is 4.57 Å². The molecule has 53 heavy (non-hydrogen) atoms. The second-order valence-electron chi connectivity index (χ2n) is 13.8. The highest BCUT2D eigenvalue weighted by Gasteiger charge is 2.46. The van der Waals surface area contributed by atoms with E-state index in [0.717, 1.165) is 55.7 Å². The minimum Gasteiger partial charge on any atom is -0.308 e. The highest BCUT2D eigenvalue weighted by atomic mass is 15.1. The van der Waals surface area contributed by atoms with Gasteiger partial charge in [0.1, 0.15) is 5.82 Å². The quantitative estimate of drug-likeness (QED) is 0.182. The number of nitrogens with zero attached hydrogens (tertiary/aromatic N) is 4. The van der Waals surface area contributed by atoms with E-state index >= 15 is 0 Å². The van der Waals surface area contributed by atoms with Crippen molar-refractivity contribution in [2.45, 2.75) is 5.41 Å². The van der Waals surface area contributed by atoms with E-state index < -0.39 is 5.41 Å². The normalized spacial score (nSPS) is 13.1. The lowest BCUT2D eigenvalue weighted by molar-refractivity contribution is 0.769. The molecule has 11 rings (SSSR count).